The lowest BCUT2D eigenvalue weighted by Gasteiger charge is -2.45. The number of aromatic nitrogens is 5. The van der Waals surface area contributed by atoms with Crippen molar-refractivity contribution in [2.45, 2.75) is 89.6 Å². The Hall–Kier alpha value is -3.59. The van der Waals surface area contributed by atoms with E-state index in [9.17, 15) is 4.79 Å². The lowest BCUT2D eigenvalue weighted by Crippen LogP contribution is -2.53. The Morgan fingerprint density at radius 3 is 2.62 bits per heavy atom. The highest BCUT2D eigenvalue weighted by Gasteiger charge is 2.37. The second kappa shape index (κ2) is 10.9. The summed E-state index contributed by atoms with van der Waals surface area (Å²) in [5, 5.41) is 8.81. The van der Waals surface area contributed by atoms with Crippen molar-refractivity contribution in [2.75, 3.05) is 25.0 Å². The first-order chi connectivity index (χ1) is 20.4. The second-order valence-corrected chi connectivity index (χ2v) is 13.3. The molecular formula is C33H42N8O. The number of H-pyrrole nitrogens is 1. The summed E-state index contributed by atoms with van der Waals surface area (Å²) in [7, 11) is 2.19. The van der Waals surface area contributed by atoms with E-state index in [1.165, 1.54) is 44.1 Å². The Labute approximate surface area is 247 Å². The third kappa shape index (κ3) is 5.12. The molecule has 1 aliphatic heterocycles. The number of amides is 1. The van der Waals surface area contributed by atoms with Gasteiger partial charge in [-0.1, -0.05) is 39.5 Å². The van der Waals surface area contributed by atoms with Gasteiger partial charge in [0, 0.05) is 54.4 Å². The largest absolute Gasteiger partial charge is 0.355 e. The molecule has 220 valence electrons. The summed E-state index contributed by atoms with van der Waals surface area (Å²) in [6, 6.07) is 4.43. The maximum atomic E-state index is 13.3. The van der Waals surface area contributed by atoms with Gasteiger partial charge in [0.05, 0.1) is 11.7 Å². The van der Waals surface area contributed by atoms with Crippen LogP contribution in [-0.4, -0.2) is 63.0 Å². The Morgan fingerprint density at radius 1 is 1.05 bits per heavy atom. The number of rotatable bonds is 6. The first-order valence-corrected chi connectivity index (χ1v) is 15.8. The molecule has 1 saturated heterocycles. The SMILES string of the molecule is CN(c1nc(-c2ccnc3[nH]c(C(=O)NC4CCCCCC4)cc23)nc2cncc(C3CC3)c12)C1CCNCC1(C)C. The van der Waals surface area contributed by atoms with E-state index >= 15 is 0 Å². The quantitative estimate of drug-likeness (QED) is 0.256. The van der Waals surface area contributed by atoms with Gasteiger partial charge in [-0.2, -0.15) is 0 Å². The standard InChI is InChI=1S/C33H42N8O/c1-33(2)19-34-14-13-27(33)41(3)31-28-24(20-10-11-20)17-35-18-26(28)39-30(40-31)22-12-15-36-29-23(22)16-25(38-29)32(42)37-21-8-6-4-5-7-9-21/h12,15-18,20-21,27,34H,4-11,13-14,19H2,1-3H3,(H,36,38)(H,37,42). The van der Waals surface area contributed by atoms with Crippen molar-refractivity contribution in [3.63, 3.8) is 0 Å². The van der Waals surface area contributed by atoms with Gasteiger partial charge in [-0.15, -0.1) is 0 Å². The Kier molecular flexibility index (Phi) is 7.08. The molecule has 2 saturated carbocycles. The molecule has 1 unspecified atom stereocenters. The minimum atomic E-state index is -0.0721. The van der Waals surface area contributed by atoms with Crippen LogP contribution in [0.15, 0.2) is 30.7 Å². The highest BCUT2D eigenvalue weighted by Crippen LogP contribution is 2.46. The maximum Gasteiger partial charge on any atom is 0.267 e. The smallest absolute Gasteiger partial charge is 0.267 e. The molecule has 0 aromatic carbocycles. The molecular weight excluding hydrogens is 524 g/mol. The summed E-state index contributed by atoms with van der Waals surface area (Å²) < 4.78 is 0. The van der Waals surface area contributed by atoms with Crippen molar-refractivity contribution in [1.82, 2.24) is 35.6 Å². The van der Waals surface area contributed by atoms with Crippen molar-refractivity contribution in [3.05, 3.63) is 42.0 Å². The topological polar surface area (TPSA) is 112 Å². The van der Waals surface area contributed by atoms with Gasteiger partial charge in [0.2, 0.25) is 0 Å². The Morgan fingerprint density at radius 2 is 1.86 bits per heavy atom. The number of anilines is 1. The van der Waals surface area contributed by atoms with E-state index in [1.54, 1.807) is 6.20 Å². The van der Waals surface area contributed by atoms with Crippen molar-refractivity contribution in [2.24, 2.45) is 5.41 Å². The predicted octanol–water partition coefficient (Wildman–Crippen LogP) is 5.72. The number of carbonyl (C=O) groups is 1. The normalized spacial score (nSPS) is 21.4. The molecule has 0 spiro atoms. The summed E-state index contributed by atoms with van der Waals surface area (Å²) in [4.78, 5) is 38.5. The van der Waals surface area contributed by atoms with Crippen molar-refractivity contribution >= 4 is 33.7 Å². The number of hydrogen-bond acceptors (Lipinski definition) is 7. The van der Waals surface area contributed by atoms with E-state index in [-0.39, 0.29) is 17.4 Å². The van der Waals surface area contributed by atoms with Crippen LogP contribution in [0, 0.1) is 5.41 Å². The molecule has 0 radical (unpaired) electrons. The number of piperidine rings is 1. The number of carbonyl (C=O) groups excluding carboxylic acids is 1. The molecule has 2 aliphatic carbocycles. The summed E-state index contributed by atoms with van der Waals surface area (Å²) in [5.41, 5.74) is 4.27. The maximum absolute atomic E-state index is 13.3. The van der Waals surface area contributed by atoms with E-state index in [0.29, 0.717) is 29.1 Å². The van der Waals surface area contributed by atoms with Gasteiger partial charge in [-0.25, -0.2) is 15.0 Å². The second-order valence-electron chi connectivity index (χ2n) is 13.3. The van der Waals surface area contributed by atoms with Crippen LogP contribution in [0.2, 0.25) is 0 Å². The molecule has 9 heteroatoms. The fourth-order valence-electron chi connectivity index (χ4n) is 7.22. The molecule has 1 amide bonds. The average molecular weight is 567 g/mol. The monoisotopic (exact) mass is 566 g/mol. The van der Waals surface area contributed by atoms with Crippen molar-refractivity contribution < 1.29 is 4.79 Å². The van der Waals surface area contributed by atoms with Crippen molar-refractivity contribution in [1.29, 1.82) is 0 Å². The molecule has 3 N–H and O–H groups in total. The molecule has 1 atom stereocenters. The van der Waals surface area contributed by atoms with E-state index in [2.05, 4.69) is 51.4 Å². The van der Waals surface area contributed by atoms with E-state index in [0.717, 1.165) is 60.0 Å². The number of nitrogens with one attached hydrogen (secondary N) is 3. The van der Waals surface area contributed by atoms with Gasteiger partial charge in [0.15, 0.2) is 5.82 Å². The summed E-state index contributed by atoms with van der Waals surface area (Å²) in [6.45, 7) is 6.63. The fraction of sp³-hybridized carbons (Fsp3) is 0.545. The van der Waals surface area contributed by atoms with Crippen LogP contribution in [0.4, 0.5) is 5.82 Å². The lowest BCUT2D eigenvalue weighted by atomic mass is 9.79. The molecule has 3 fully saturated rings. The third-order valence-electron chi connectivity index (χ3n) is 9.72. The van der Waals surface area contributed by atoms with E-state index in [1.807, 2.05) is 24.5 Å². The zero-order chi connectivity index (χ0) is 28.8. The Bertz CT molecular complexity index is 1620. The number of hydrogen-bond donors (Lipinski definition) is 3. The first-order valence-electron chi connectivity index (χ1n) is 15.8. The minimum Gasteiger partial charge on any atom is -0.355 e. The van der Waals surface area contributed by atoms with Gasteiger partial charge in [-0.05, 0) is 67.7 Å². The summed E-state index contributed by atoms with van der Waals surface area (Å²) >= 11 is 0. The molecule has 3 aliphatic rings. The van der Waals surface area contributed by atoms with Crippen LogP contribution in [0.5, 0.6) is 0 Å². The summed E-state index contributed by atoms with van der Waals surface area (Å²) in [5.74, 6) is 2.05. The Balaban J connectivity index is 1.31. The molecule has 7 rings (SSSR count). The molecule has 4 aromatic rings. The first kappa shape index (κ1) is 27.3. The molecule has 42 heavy (non-hydrogen) atoms. The van der Waals surface area contributed by atoms with Gasteiger partial charge in [0.1, 0.15) is 17.2 Å². The van der Waals surface area contributed by atoms with E-state index in [4.69, 9.17) is 9.97 Å². The van der Waals surface area contributed by atoms with Crippen LogP contribution in [0.1, 0.15) is 93.6 Å². The zero-order valence-corrected chi connectivity index (χ0v) is 25.0. The lowest BCUT2D eigenvalue weighted by molar-refractivity contribution is 0.0929. The predicted molar refractivity (Wildman–Crippen MR) is 167 cm³/mol. The van der Waals surface area contributed by atoms with Gasteiger partial charge >= 0.3 is 0 Å². The van der Waals surface area contributed by atoms with Crippen LogP contribution in [0.25, 0.3) is 33.3 Å². The third-order valence-corrected chi connectivity index (χ3v) is 9.72. The highest BCUT2D eigenvalue weighted by molar-refractivity contribution is 6.02. The van der Waals surface area contributed by atoms with Gasteiger partial charge in [-0.3, -0.25) is 9.78 Å². The summed E-state index contributed by atoms with van der Waals surface area (Å²) in [6.07, 6.45) is 16.0. The van der Waals surface area contributed by atoms with Crippen molar-refractivity contribution in [3.8, 4) is 11.4 Å². The molecule has 0 bridgehead atoms. The number of fused-ring (bicyclic) bond motifs is 2. The molecule has 4 aromatic heterocycles. The van der Waals surface area contributed by atoms with Crippen LogP contribution < -0.4 is 15.5 Å². The van der Waals surface area contributed by atoms with Gasteiger partial charge < -0.3 is 20.5 Å². The molecule has 9 nitrogen and oxygen atoms in total. The van der Waals surface area contributed by atoms with E-state index < -0.39 is 0 Å². The number of aromatic amines is 1. The molecule has 5 heterocycles. The average Bonchev–Trinajstić information content (AvgIpc) is 3.78. The van der Waals surface area contributed by atoms with Crippen LogP contribution in [0.3, 0.4) is 0 Å². The van der Waals surface area contributed by atoms with Crippen LogP contribution in [-0.2, 0) is 0 Å². The highest BCUT2D eigenvalue weighted by atomic mass is 16.1. The zero-order valence-electron chi connectivity index (χ0n) is 25.0. The van der Waals surface area contributed by atoms with Gasteiger partial charge in [0.25, 0.3) is 5.91 Å². The van der Waals surface area contributed by atoms with Crippen LogP contribution >= 0.6 is 0 Å². The fourth-order valence-corrected chi connectivity index (χ4v) is 7.22. The number of nitrogens with zero attached hydrogens (tertiary/aromatic N) is 5. The number of pyridine rings is 2. The minimum absolute atomic E-state index is 0.0721.